The van der Waals surface area contributed by atoms with Crippen LogP contribution in [0.1, 0.15) is 28.6 Å². The molecule has 0 aliphatic heterocycles. The van der Waals surface area contributed by atoms with Gasteiger partial charge in [0.1, 0.15) is 0 Å². The van der Waals surface area contributed by atoms with Gasteiger partial charge in [0.05, 0.1) is 31.5 Å². The zero-order valence-corrected chi connectivity index (χ0v) is 18.2. The van der Waals surface area contributed by atoms with Gasteiger partial charge in [0.2, 0.25) is 11.7 Å². The summed E-state index contributed by atoms with van der Waals surface area (Å²) in [5.74, 6) is -1.99. The molecule has 2 atom stereocenters. The Hall–Kier alpha value is -2.97. The van der Waals surface area contributed by atoms with Gasteiger partial charge in [-0.05, 0) is 41.7 Å². The van der Waals surface area contributed by atoms with Crippen molar-refractivity contribution in [2.45, 2.75) is 31.6 Å². The largest absolute Gasteiger partial charge is 0.872 e. The quantitative estimate of drug-likeness (QED) is 0.682. The lowest BCUT2D eigenvalue weighted by molar-refractivity contribution is -0.360. The van der Waals surface area contributed by atoms with Crippen molar-refractivity contribution in [3.63, 3.8) is 0 Å². The van der Waals surface area contributed by atoms with Gasteiger partial charge in [0.25, 0.3) is 0 Å². The number of rotatable bonds is 6. The second-order valence-corrected chi connectivity index (χ2v) is 7.16. The molecular weight excluding hydrogens is 402 g/mol. The molecule has 0 fully saturated rings. The van der Waals surface area contributed by atoms with Gasteiger partial charge in [-0.1, -0.05) is 17.9 Å². The van der Waals surface area contributed by atoms with Crippen molar-refractivity contribution in [2.75, 3.05) is 35.5 Å². The van der Waals surface area contributed by atoms with Crippen molar-refractivity contribution in [3.05, 3.63) is 46.8 Å². The van der Waals surface area contributed by atoms with E-state index in [0.717, 1.165) is 5.56 Å². The Morgan fingerprint density at radius 2 is 1.94 bits per heavy atom. The standard InChI is InChI=1S/C23H29NO7/c1-13(25)24-17-8-7-14-11-18(27-2)21(28-3)22(29-4)20(14)15-9-10-23(30-5,31-6)19(26)12-16(15)17/h9-12,17,26H,7-8H2,1-6H3,(H,24,25)/p-1/t17-/m0/s1/i5D3/t17-,23+. The predicted molar refractivity (Wildman–Crippen MR) is 113 cm³/mol. The molecule has 3 rings (SSSR count). The summed E-state index contributed by atoms with van der Waals surface area (Å²) in [5.41, 5.74) is 2.46. The minimum Gasteiger partial charge on any atom is -0.872 e. The van der Waals surface area contributed by atoms with E-state index in [0.29, 0.717) is 46.8 Å². The fraction of sp³-hybridized carbons (Fsp3) is 0.435. The van der Waals surface area contributed by atoms with Crippen molar-refractivity contribution in [1.82, 2.24) is 5.32 Å². The maximum absolute atomic E-state index is 13.3. The molecule has 0 bridgehead atoms. The third kappa shape index (κ3) is 3.88. The van der Waals surface area contributed by atoms with Gasteiger partial charge in [-0.3, -0.25) is 4.79 Å². The fourth-order valence-electron chi connectivity index (χ4n) is 4.05. The van der Waals surface area contributed by atoms with Crippen molar-refractivity contribution >= 4 is 11.5 Å². The summed E-state index contributed by atoms with van der Waals surface area (Å²) in [7, 11) is 2.77. The number of amides is 1. The highest BCUT2D eigenvalue weighted by Crippen LogP contribution is 2.48. The number of carbonyl (C=O) groups is 1. The lowest BCUT2D eigenvalue weighted by atomic mass is 9.93. The highest BCUT2D eigenvalue weighted by Gasteiger charge is 2.34. The van der Waals surface area contributed by atoms with Gasteiger partial charge in [-0.2, -0.15) is 0 Å². The number of allylic oxidation sites excluding steroid dienone is 2. The van der Waals surface area contributed by atoms with Crippen LogP contribution in [0.2, 0.25) is 0 Å². The lowest BCUT2D eigenvalue weighted by Crippen LogP contribution is -2.40. The Kier molecular flexibility index (Phi) is 5.47. The molecule has 0 saturated carbocycles. The summed E-state index contributed by atoms with van der Waals surface area (Å²) >= 11 is 0. The fourth-order valence-corrected chi connectivity index (χ4v) is 4.05. The molecule has 1 aromatic rings. The maximum Gasteiger partial charge on any atom is 0.217 e. The van der Waals surface area contributed by atoms with Crippen LogP contribution in [-0.4, -0.2) is 53.2 Å². The summed E-state index contributed by atoms with van der Waals surface area (Å²) < 4.78 is 49.7. The van der Waals surface area contributed by atoms with Crippen LogP contribution in [0.3, 0.4) is 0 Å². The Morgan fingerprint density at radius 1 is 1.19 bits per heavy atom. The molecule has 8 heteroatoms. The first-order chi connectivity index (χ1) is 16.0. The first kappa shape index (κ1) is 18.8. The number of benzene rings is 1. The Bertz CT molecular complexity index is 1060. The average Bonchev–Trinajstić information content (AvgIpc) is 2.99. The number of fused-ring (bicyclic) bond motifs is 2. The second kappa shape index (κ2) is 9.03. The molecule has 0 aromatic heterocycles. The van der Waals surface area contributed by atoms with Gasteiger partial charge in [-0.15, -0.1) is 0 Å². The van der Waals surface area contributed by atoms with Gasteiger partial charge < -0.3 is 34.1 Å². The zero-order chi connectivity index (χ0) is 25.3. The highest BCUT2D eigenvalue weighted by molar-refractivity contribution is 5.88. The van der Waals surface area contributed by atoms with Gasteiger partial charge in [0, 0.05) is 26.6 Å². The van der Waals surface area contributed by atoms with E-state index in [1.165, 1.54) is 47.5 Å². The molecule has 31 heavy (non-hydrogen) atoms. The molecule has 0 unspecified atom stereocenters. The molecule has 8 nitrogen and oxygen atoms in total. The van der Waals surface area contributed by atoms with Crippen LogP contribution in [0.5, 0.6) is 17.2 Å². The molecular formula is C23H28NO7-. The summed E-state index contributed by atoms with van der Waals surface area (Å²) in [6.07, 6.45) is 5.06. The van der Waals surface area contributed by atoms with Crippen molar-refractivity contribution in [2.24, 2.45) is 0 Å². The van der Waals surface area contributed by atoms with E-state index < -0.39 is 24.6 Å². The van der Waals surface area contributed by atoms with E-state index in [2.05, 4.69) is 5.32 Å². The lowest BCUT2D eigenvalue weighted by Gasteiger charge is -2.34. The second-order valence-electron chi connectivity index (χ2n) is 7.16. The van der Waals surface area contributed by atoms with Gasteiger partial charge in [0.15, 0.2) is 17.3 Å². The number of ether oxygens (including phenoxy) is 5. The van der Waals surface area contributed by atoms with E-state index in [1.54, 1.807) is 6.08 Å². The molecule has 0 heterocycles. The van der Waals surface area contributed by atoms with E-state index in [1.807, 2.05) is 6.07 Å². The number of carbonyl (C=O) groups excluding carboxylic acids is 1. The molecule has 168 valence electrons. The minimum absolute atomic E-state index is 0.282. The Labute approximate surface area is 186 Å². The molecule has 1 amide bonds. The van der Waals surface area contributed by atoms with E-state index in [-0.39, 0.29) is 5.91 Å². The normalized spacial score (nSPS) is 24.4. The Balaban J connectivity index is 2.35. The van der Waals surface area contributed by atoms with Crippen LogP contribution < -0.4 is 24.6 Å². The molecule has 2 aliphatic carbocycles. The van der Waals surface area contributed by atoms with Crippen LogP contribution in [0.4, 0.5) is 0 Å². The SMILES string of the molecule is [2H]C([2H])([2H])O[C@@]1(OC)C=CC2=C(C=C1[O-])[C@@H](NC(C)=O)CCc1cc(OC)c(OC)c(OC)c12. The van der Waals surface area contributed by atoms with E-state index in [9.17, 15) is 9.90 Å². The topological polar surface area (TPSA) is 98.3 Å². The van der Waals surface area contributed by atoms with Crippen LogP contribution in [-0.2, 0) is 20.7 Å². The zero-order valence-electron chi connectivity index (χ0n) is 21.2. The van der Waals surface area contributed by atoms with Crippen molar-refractivity contribution in [3.8, 4) is 17.2 Å². The third-order valence-electron chi connectivity index (χ3n) is 5.50. The van der Waals surface area contributed by atoms with Gasteiger partial charge in [-0.25, -0.2) is 0 Å². The molecule has 0 spiro atoms. The summed E-state index contributed by atoms with van der Waals surface area (Å²) in [6.45, 7) is 1.39. The first-order valence-corrected chi connectivity index (χ1v) is 9.67. The average molecular weight is 433 g/mol. The number of methoxy groups -OCH3 is 5. The first-order valence-electron chi connectivity index (χ1n) is 11.2. The van der Waals surface area contributed by atoms with Crippen LogP contribution in [0.15, 0.2) is 35.6 Å². The summed E-state index contributed by atoms with van der Waals surface area (Å²) in [6, 6.07) is 1.27. The van der Waals surface area contributed by atoms with E-state index in [4.69, 9.17) is 27.8 Å². The summed E-state index contributed by atoms with van der Waals surface area (Å²) in [5, 5.41) is 16.2. The van der Waals surface area contributed by atoms with E-state index >= 15 is 0 Å². The third-order valence-corrected chi connectivity index (χ3v) is 5.50. The van der Waals surface area contributed by atoms with Crippen LogP contribution >= 0.6 is 0 Å². The monoisotopic (exact) mass is 433 g/mol. The number of hydrogen-bond acceptors (Lipinski definition) is 7. The molecule has 0 radical (unpaired) electrons. The minimum atomic E-state index is -2.91. The Morgan fingerprint density at radius 3 is 2.52 bits per heavy atom. The van der Waals surface area contributed by atoms with Crippen molar-refractivity contribution in [1.29, 1.82) is 0 Å². The number of hydrogen-bond donors (Lipinski definition) is 1. The molecule has 0 saturated heterocycles. The maximum atomic E-state index is 13.3. The highest BCUT2D eigenvalue weighted by atomic mass is 16.7. The molecule has 2 aliphatic rings. The molecule has 1 aromatic carbocycles. The van der Waals surface area contributed by atoms with Crippen molar-refractivity contribution < 1.29 is 37.7 Å². The summed E-state index contributed by atoms with van der Waals surface area (Å²) in [4.78, 5) is 12.0. The van der Waals surface area contributed by atoms with Gasteiger partial charge >= 0.3 is 0 Å². The van der Waals surface area contributed by atoms with Crippen LogP contribution in [0, 0.1) is 0 Å². The van der Waals surface area contributed by atoms with Crippen LogP contribution in [0.25, 0.3) is 5.57 Å². The predicted octanol–water partition coefficient (Wildman–Crippen LogP) is 1.72. The number of nitrogens with one attached hydrogen (secondary N) is 1. The number of aryl methyl sites for hydroxylation is 1. The smallest absolute Gasteiger partial charge is 0.217 e. The molecule has 1 N–H and O–H groups in total.